The molecule has 3 aliphatic heterocycles. The minimum atomic E-state index is -0.975. The van der Waals surface area contributed by atoms with Crippen molar-refractivity contribution in [2.24, 2.45) is 17.3 Å². The van der Waals surface area contributed by atoms with Gasteiger partial charge in [0.1, 0.15) is 12.1 Å². The number of fused-ring (bicyclic) bond motifs is 6. The topological polar surface area (TPSA) is 157 Å². The van der Waals surface area contributed by atoms with E-state index in [4.69, 9.17) is 19.2 Å². The zero-order chi connectivity index (χ0) is 43.6. The van der Waals surface area contributed by atoms with Crippen LogP contribution in [0.2, 0.25) is 0 Å². The van der Waals surface area contributed by atoms with Crippen LogP contribution in [-0.4, -0.2) is 106 Å². The highest BCUT2D eigenvalue weighted by molar-refractivity contribution is 7.10. The van der Waals surface area contributed by atoms with Gasteiger partial charge in [-0.1, -0.05) is 40.3 Å². The lowest BCUT2D eigenvalue weighted by Crippen LogP contribution is -2.61. The lowest BCUT2D eigenvalue weighted by atomic mass is 9.84. The van der Waals surface area contributed by atoms with Gasteiger partial charge < -0.3 is 29.0 Å². The van der Waals surface area contributed by atoms with Gasteiger partial charge in [-0.2, -0.15) is 0 Å². The average molecular weight is 854 g/mol. The second-order valence-electron chi connectivity index (χ2n) is 17.6. The third-order valence-corrected chi connectivity index (χ3v) is 13.1. The Labute approximate surface area is 362 Å². The van der Waals surface area contributed by atoms with E-state index < -0.39 is 29.4 Å². The van der Waals surface area contributed by atoms with Crippen molar-refractivity contribution >= 4 is 45.9 Å². The Morgan fingerprint density at radius 3 is 2.69 bits per heavy atom. The number of nitrogens with one attached hydrogen (secondary N) is 2. The van der Waals surface area contributed by atoms with Crippen LogP contribution in [0.1, 0.15) is 76.6 Å². The van der Waals surface area contributed by atoms with Gasteiger partial charge in [0, 0.05) is 90.5 Å². The van der Waals surface area contributed by atoms with Crippen LogP contribution < -0.4 is 10.7 Å². The van der Waals surface area contributed by atoms with Crippen molar-refractivity contribution in [2.45, 2.75) is 98.1 Å². The standard InChI is InChI=1S/C46H59N7O7S/c1-9-41(54)51-22-30(23-51)59-24-35(27(3)4)43(55)49-37-19-40-48-38(25-61-40)29-13-14-39-32(18-29)33(42(52(39)10-2)31-15-16-47-21-34(31)28(5)58-8)20-46(6,7)26-60-45(57)36-12-11-17-53(50-36)44(37)56/h9,13-16,18,21,25,27-28,30,35-37,50H,1,10-12,17,19-20,22-24,26H2,2-8H3,(H,49,55)/t28-,35-,36-,37-/m0/s1. The van der Waals surface area contributed by atoms with Crippen molar-refractivity contribution in [1.82, 2.24) is 35.2 Å². The van der Waals surface area contributed by atoms with Gasteiger partial charge in [-0.15, -0.1) is 11.3 Å². The second kappa shape index (κ2) is 18.6. The molecule has 14 nitrogen and oxygen atoms in total. The van der Waals surface area contributed by atoms with Crippen molar-refractivity contribution in [1.29, 1.82) is 0 Å². The molecule has 7 rings (SSSR count). The van der Waals surface area contributed by atoms with E-state index in [2.05, 4.69) is 71.9 Å². The number of thiazole rings is 1. The van der Waals surface area contributed by atoms with E-state index in [1.54, 1.807) is 12.0 Å². The number of nitrogens with zero attached hydrogens (tertiary/aromatic N) is 5. The summed E-state index contributed by atoms with van der Waals surface area (Å²) in [6.45, 7) is 18.1. The number of carbonyl (C=O) groups is 4. The number of amides is 3. The molecule has 15 heteroatoms. The number of cyclic esters (lactones) is 1. The number of rotatable bonds is 11. The number of hydrogen-bond donors (Lipinski definition) is 2. The summed E-state index contributed by atoms with van der Waals surface area (Å²) >= 11 is 1.44. The van der Waals surface area contributed by atoms with Gasteiger partial charge in [0.2, 0.25) is 11.8 Å². The zero-order valence-corrected chi connectivity index (χ0v) is 37.2. The maximum atomic E-state index is 14.4. The summed E-state index contributed by atoms with van der Waals surface area (Å²) in [5, 5.41) is 8.28. The van der Waals surface area contributed by atoms with E-state index in [1.807, 2.05) is 38.5 Å². The van der Waals surface area contributed by atoms with Crippen LogP contribution in [0.5, 0.6) is 0 Å². The smallest absolute Gasteiger partial charge is 0.324 e. The summed E-state index contributed by atoms with van der Waals surface area (Å²) in [6, 6.07) is 6.76. The highest BCUT2D eigenvalue weighted by atomic mass is 32.1. The van der Waals surface area contributed by atoms with Gasteiger partial charge >= 0.3 is 5.97 Å². The molecule has 0 aliphatic carbocycles. The lowest BCUT2D eigenvalue weighted by molar-refractivity contribution is -0.155. The number of aromatic nitrogens is 3. The monoisotopic (exact) mass is 853 g/mol. The first-order valence-electron chi connectivity index (χ1n) is 21.4. The molecule has 61 heavy (non-hydrogen) atoms. The number of methoxy groups -OCH3 is 1. The fourth-order valence-corrected chi connectivity index (χ4v) is 9.38. The number of hydrogen-bond acceptors (Lipinski definition) is 11. The van der Waals surface area contributed by atoms with Gasteiger partial charge in [0.05, 0.1) is 47.7 Å². The molecule has 3 aromatic heterocycles. The second-order valence-corrected chi connectivity index (χ2v) is 18.5. The SMILES string of the molecule is C=CC(=O)N1CC(OC[C@H](C(=O)N[C@H]2Cc3nc(cs3)-c3ccc4c(c3)c(c(-c3ccncc3[C@H](C)OC)n4CC)CC(C)(C)COC(=O)[C@@H]3CCCN(N3)C2=O)C(C)C)C1. The fraction of sp³-hybridized carbons (Fsp3) is 0.522. The van der Waals surface area contributed by atoms with Gasteiger partial charge in [-0.25, -0.2) is 10.4 Å². The van der Waals surface area contributed by atoms with E-state index >= 15 is 0 Å². The maximum absolute atomic E-state index is 14.4. The molecule has 3 amide bonds. The number of carbonyl (C=O) groups excluding carboxylic acids is 4. The van der Waals surface area contributed by atoms with E-state index in [9.17, 15) is 19.2 Å². The number of aryl methyl sites for hydroxylation is 1. The van der Waals surface area contributed by atoms with Gasteiger partial charge in [0.25, 0.3) is 5.91 Å². The lowest BCUT2D eigenvalue weighted by Gasteiger charge is -2.39. The van der Waals surface area contributed by atoms with Crippen molar-refractivity contribution in [2.75, 3.05) is 40.0 Å². The van der Waals surface area contributed by atoms with Crippen molar-refractivity contribution in [3.05, 3.63) is 70.8 Å². The zero-order valence-electron chi connectivity index (χ0n) is 36.4. The first-order chi connectivity index (χ1) is 29.2. The molecule has 4 atom stereocenters. The fourth-order valence-electron chi connectivity index (χ4n) is 8.53. The number of ether oxygens (including phenoxy) is 3. The van der Waals surface area contributed by atoms with Crippen LogP contribution in [0, 0.1) is 17.3 Å². The van der Waals surface area contributed by atoms with Gasteiger partial charge in [-0.3, -0.25) is 29.2 Å². The van der Waals surface area contributed by atoms with Crippen LogP contribution in [0.3, 0.4) is 0 Å². The van der Waals surface area contributed by atoms with Crippen LogP contribution in [-0.2, 0) is 52.8 Å². The number of hydrazine groups is 1. The molecule has 0 spiro atoms. The maximum Gasteiger partial charge on any atom is 0.324 e. The Hall–Kier alpha value is -4.96. The molecule has 6 heterocycles. The van der Waals surface area contributed by atoms with Gasteiger partial charge in [-0.05, 0) is 68.9 Å². The molecule has 326 valence electrons. The van der Waals surface area contributed by atoms with E-state index in [0.717, 1.165) is 51.1 Å². The van der Waals surface area contributed by atoms with E-state index in [0.29, 0.717) is 43.9 Å². The van der Waals surface area contributed by atoms with Crippen molar-refractivity contribution in [3.63, 3.8) is 0 Å². The summed E-state index contributed by atoms with van der Waals surface area (Å²) in [7, 11) is 1.70. The molecule has 0 unspecified atom stereocenters. The number of benzene rings is 1. The summed E-state index contributed by atoms with van der Waals surface area (Å²) in [4.78, 5) is 65.5. The quantitative estimate of drug-likeness (QED) is 0.138. The molecule has 4 aromatic rings. The first kappa shape index (κ1) is 44.1. The first-order valence-corrected chi connectivity index (χ1v) is 22.2. The number of esters is 1. The Morgan fingerprint density at radius 2 is 1.97 bits per heavy atom. The Morgan fingerprint density at radius 1 is 1.18 bits per heavy atom. The highest BCUT2D eigenvalue weighted by Crippen LogP contribution is 2.42. The molecule has 2 fully saturated rings. The highest BCUT2D eigenvalue weighted by Gasteiger charge is 2.38. The minimum absolute atomic E-state index is 0.0975. The molecular weight excluding hydrogens is 795 g/mol. The van der Waals surface area contributed by atoms with Crippen LogP contribution >= 0.6 is 11.3 Å². The van der Waals surface area contributed by atoms with E-state index in [-0.39, 0.29) is 55.5 Å². The molecule has 2 N–H and O–H groups in total. The van der Waals surface area contributed by atoms with Crippen molar-refractivity contribution < 1.29 is 33.4 Å². The molecule has 6 bridgehead atoms. The summed E-state index contributed by atoms with van der Waals surface area (Å²) in [5.74, 6) is -1.91. The Balaban J connectivity index is 1.25. The normalized spacial score (nSPS) is 20.8. The van der Waals surface area contributed by atoms with Crippen molar-refractivity contribution in [3.8, 4) is 22.5 Å². The molecular formula is C46H59N7O7S. The third kappa shape index (κ3) is 9.44. The molecule has 0 radical (unpaired) electrons. The van der Waals surface area contributed by atoms with Crippen LogP contribution in [0.15, 0.2) is 54.7 Å². The van der Waals surface area contributed by atoms with Crippen LogP contribution in [0.4, 0.5) is 0 Å². The average Bonchev–Trinajstić information content (AvgIpc) is 3.83. The minimum Gasteiger partial charge on any atom is -0.464 e. The summed E-state index contributed by atoms with van der Waals surface area (Å²) in [6.07, 6.45) is 6.42. The molecule has 1 aromatic carbocycles. The molecule has 2 saturated heterocycles. The Kier molecular flexibility index (Phi) is 13.4. The number of likely N-dealkylation sites (tertiary alicyclic amines) is 1. The predicted octanol–water partition coefficient (Wildman–Crippen LogP) is 5.89. The third-order valence-electron chi connectivity index (χ3n) is 12.2. The Bertz CT molecular complexity index is 2280. The predicted molar refractivity (Wildman–Crippen MR) is 234 cm³/mol. The number of pyridine rings is 1. The molecule has 3 aliphatic rings. The van der Waals surface area contributed by atoms with Gasteiger partial charge in [0.15, 0.2) is 0 Å². The largest absolute Gasteiger partial charge is 0.464 e. The van der Waals surface area contributed by atoms with Crippen LogP contribution in [0.25, 0.3) is 33.4 Å². The summed E-state index contributed by atoms with van der Waals surface area (Å²) < 4.78 is 20.3. The van der Waals surface area contributed by atoms with E-state index in [1.165, 1.54) is 22.4 Å². The summed E-state index contributed by atoms with van der Waals surface area (Å²) in [5.41, 5.74) is 9.67. The molecule has 0 saturated carbocycles.